The molecule has 0 aromatic heterocycles. The summed E-state index contributed by atoms with van der Waals surface area (Å²) in [5.41, 5.74) is 1.65. The quantitative estimate of drug-likeness (QED) is 0.456. The van der Waals surface area contributed by atoms with Crippen LogP contribution in [0.25, 0.3) is 0 Å². The van der Waals surface area contributed by atoms with Crippen molar-refractivity contribution in [2.75, 3.05) is 23.5 Å². The molecule has 0 saturated heterocycles. The molecular formula is C25H32N2O3S2. The molecule has 172 valence electrons. The summed E-state index contributed by atoms with van der Waals surface area (Å²) in [7, 11) is -3.61. The molecule has 0 saturated carbocycles. The molecular weight excluding hydrogens is 440 g/mol. The maximum absolute atomic E-state index is 13.7. The van der Waals surface area contributed by atoms with Crippen molar-refractivity contribution in [3.05, 3.63) is 42.0 Å². The van der Waals surface area contributed by atoms with Crippen LogP contribution in [0, 0.1) is 16.7 Å². The number of phenols is 1. The summed E-state index contributed by atoms with van der Waals surface area (Å²) in [5, 5.41) is 19.7. The van der Waals surface area contributed by atoms with E-state index in [0.717, 1.165) is 44.2 Å². The van der Waals surface area contributed by atoms with Gasteiger partial charge in [-0.3, -0.25) is 0 Å². The molecule has 0 bridgehead atoms. The van der Waals surface area contributed by atoms with Gasteiger partial charge in [0.15, 0.2) is 9.84 Å². The molecule has 1 aliphatic heterocycles. The molecule has 0 aliphatic carbocycles. The van der Waals surface area contributed by atoms with Gasteiger partial charge in [-0.2, -0.15) is 5.26 Å². The van der Waals surface area contributed by atoms with Gasteiger partial charge >= 0.3 is 0 Å². The van der Waals surface area contributed by atoms with E-state index in [9.17, 15) is 18.8 Å². The molecule has 0 fully saturated rings. The van der Waals surface area contributed by atoms with E-state index in [1.807, 2.05) is 18.4 Å². The molecule has 0 atom stereocenters. The predicted octanol–water partition coefficient (Wildman–Crippen LogP) is 6.28. The van der Waals surface area contributed by atoms with Crippen LogP contribution in [0.3, 0.4) is 0 Å². The number of thioether (sulfide) groups is 1. The van der Waals surface area contributed by atoms with Crippen molar-refractivity contribution in [2.45, 2.75) is 62.2 Å². The minimum absolute atomic E-state index is 0.00535. The van der Waals surface area contributed by atoms with Crippen LogP contribution in [0.15, 0.2) is 46.2 Å². The monoisotopic (exact) mass is 472 g/mol. The molecule has 1 N–H and O–H groups in total. The Morgan fingerprint density at radius 2 is 1.75 bits per heavy atom. The van der Waals surface area contributed by atoms with Crippen molar-refractivity contribution in [3.8, 4) is 11.8 Å². The minimum atomic E-state index is -3.61. The number of hydrogen-bond acceptors (Lipinski definition) is 6. The Kier molecular flexibility index (Phi) is 7.79. The van der Waals surface area contributed by atoms with Crippen molar-refractivity contribution < 1.29 is 13.5 Å². The SMILES string of the molecule is CCCCC1(CCCC)CN(c2ccc(C#N)cc2)c2cc(SC)c(O)cc2S(=O)(=O)C1. The highest BCUT2D eigenvalue weighted by molar-refractivity contribution is 7.98. The zero-order valence-corrected chi connectivity index (χ0v) is 20.7. The van der Waals surface area contributed by atoms with E-state index in [-0.39, 0.29) is 21.8 Å². The van der Waals surface area contributed by atoms with Gasteiger partial charge in [-0.25, -0.2) is 8.42 Å². The first-order chi connectivity index (χ1) is 15.3. The van der Waals surface area contributed by atoms with E-state index in [1.54, 1.807) is 18.2 Å². The summed E-state index contributed by atoms with van der Waals surface area (Å²) in [4.78, 5) is 2.92. The Hall–Kier alpha value is -2.17. The van der Waals surface area contributed by atoms with Gasteiger partial charge in [0.2, 0.25) is 0 Å². The number of rotatable bonds is 8. The van der Waals surface area contributed by atoms with E-state index in [0.29, 0.717) is 22.7 Å². The van der Waals surface area contributed by atoms with Crippen molar-refractivity contribution in [1.82, 2.24) is 0 Å². The molecule has 32 heavy (non-hydrogen) atoms. The van der Waals surface area contributed by atoms with Gasteiger partial charge in [-0.15, -0.1) is 11.8 Å². The highest BCUT2D eigenvalue weighted by Crippen LogP contribution is 2.47. The number of fused-ring (bicyclic) bond motifs is 1. The fraction of sp³-hybridized carbons (Fsp3) is 0.480. The van der Waals surface area contributed by atoms with Crippen LogP contribution in [0.1, 0.15) is 57.9 Å². The number of nitriles is 1. The van der Waals surface area contributed by atoms with Gasteiger partial charge in [0.25, 0.3) is 0 Å². The molecule has 5 nitrogen and oxygen atoms in total. The number of nitrogens with zero attached hydrogens (tertiary/aromatic N) is 2. The number of benzene rings is 2. The van der Waals surface area contributed by atoms with Crippen LogP contribution in [0.4, 0.5) is 11.4 Å². The normalized spacial score (nSPS) is 16.8. The van der Waals surface area contributed by atoms with Gasteiger partial charge in [0, 0.05) is 23.7 Å². The predicted molar refractivity (Wildman–Crippen MR) is 132 cm³/mol. The third-order valence-electron chi connectivity index (χ3n) is 6.31. The molecule has 2 aromatic carbocycles. The highest BCUT2D eigenvalue weighted by Gasteiger charge is 2.42. The molecule has 0 spiro atoms. The topological polar surface area (TPSA) is 81.4 Å². The zero-order valence-electron chi connectivity index (χ0n) is 19.1. The number of unbranched alkanes of at least 4 members (excludes halogenated alkanes) is 2. The lowest BCUT2D eigenvalue weighted by atomic mass is 9.79. The average Bonchev–Trinajstić information content (AvgIpc) is 2.88. The summed E-state index contributed by atoms with van der Waals surface area (Å²) in [5.74, 6) is 0.0758. The first kappa shape index (κ1) is 24.5. The number of anilines is 2. The van der Waals surface area contributed by atoms with Crippen LogP contribution in [0.2, 0.25) is 0 Å². The summed E-state index contributed by atoms with van der Waals surface area (Å²) in [6.07, 6.45) is 7.50. The molecule has 1 aliphatic rings. The number of sulfone groups is 1. The van der Waals surface area contributed by atoms with Crippen molar-refractivity contribution in [1.29, 1.82) is 5.26 Å². The Balaban J connectivity index is 2.25. The minimum Gasteiger partial charge on any atom is -0.507 e. The van der Waals surface area contributed by atoms with Gasteiger partial charge in [0.1, 0.15) is 5.75 Å². The second-order valence-corrected chi connectivity index (χ2v) is 11.5. The van der Waals surface area contributed by atoms with E-state index < -0.39 is 9.84 Å². The summed E-state index contributed by atoms with van der Waals surface area (Å²) in [6.45, 7) is 4.85. The Labute approximate surface area is 196 Å². The fourth-order valence-electron chi connectivity index (χ4n) is 4.59. The van der Waals surface area contributed by atoms with E-state index >= 15 is 0 Å². The van der Waals surface area contributed by atoms with E-state index in [4.69, 9.17) is 0 Å². The second kappa shape index (κ2) is 10.2. The molecule has 0 unspecified atom stereocenters. The van der Waals surface area contributed by atoms with Gasteiger partial charge < -0.3 is 10.0 Å². The highest BCUT2D eigenvalue weighted by atomic mass is 32.2. The van der Waals surface area contributed by atoms with Gasteiger partial charge in [0.05, 0.1) is 32.9 Å². The summed E-state index contributed by atoms with van der Waals surface area (Å²) in [6, 6.07) is 12.7. The Morgan fingerprint density at radius 3 is 2.28 bits per heavy atom. The van der Waals surface area contributed by atoms with Gasteiger partial charge in [-0.05, 0) is 49.4 Å². The zero-order chi connectivity index (χ0) is 23.4. The number of phenolic OH excluding ortho intramolecular Hbond substituents is 1. The van der Waals surface area contributed by atoms with Crippen molar-refractivity contribution in [2.24, 2.45) is 5.41 Å². The number of hydrogen-bond donors (Lipinski definition) is 1. The molecule has 2 aromatic rings. The standard InChI is InChI=1S/C25H32N2O3S2/c1-4-6-12-25(13-7-5-2)17-27(20-10-8-19(16-26)9-11-20)21-14-23(31-3)22(28)15-24(21)32(29,30)18-25/h8-11,14-15,28H,4-7,12-13,17-18H2,1-3H3. The second-order valence-electron chi connectivity index (χ2n) is 8.70. The van der Waals surface area contributed by atoms with E-state index in [1.165, 1.54) is 17.8 Å². The maximum Gasteiger partial charge on any atom is 0.181 e. The lowest BCUT2D eigenvalue weighted by Crippen LogP contribution is -2.38. The van der Waals surface area contributed by atoms with Crippen molar-refractivity contribution in [3.63, 3.8) is 0 Å². The van der Waals surface area contributed by atoms with Crippen LogP contribution >= 0.6 is 11.8 Å². The third-order valence-corrected chi connectivity index (χ3v) is 9.06. The van der Waals surface area contributed by atoms with E-state index in [2.05, 4.69) is 24.8 Å². The average molecular weight is 473 g/mol. The third kappa shape index (κ3) is 5.07. The first-order valence-electron chi connectivity index (χ1n) is 11.2. The molecule has 0 amide bonds. The fourth-order valence-corrected chi connectivity index (χ4v) is 7.20. The van der Waals surface area contributed by atoms with Crippen LogP contribution in [-0.2, 0) is 9.84 Å². The smallest absolute Gasteiger partial charge is 0.181 e. The lowest BCUT2D eigenvalue weighted by molar-refractivity contribution is 0.270. The van der Waals surface area contributed by atoms with Crippen LogP contribution in [0.5, 0.6) is 5.75 Å². The summed E-state index contributed by atoms with van der Waals surface area (Å²) >= 11 is 1.39. The van der Waals surface area contributed by atoms with Gasteiger partial charge in [-0.1, -0.05) is 39.5 Å². The number of aromatic hydroxyl groups is 1. The first-order valence-corrected chi connectivity index (χ1v) is 14.1. The molecule has 1 heterocycles. The molecule has 0 radical (unpaired) electrons. The van der Waals surface area contributed by atoms with Crippen molar-refractivity contribution >= 4 is 33.0 Å². The maximum atomic E-state index is 13.7. The lowest BCUT2D eigenvalue weighted by Gasteiger charge is -2.37. The van der Waals surface area contributed by atoms with Crippen LogP contribution < -0.4 is 4.90 Å². The molecule has 7 heteroatoms. The Bertz CT molecular complexity index is 1080. The summed E-state index contributed by atoms with van der Waals surface area (Å²) < 4.78 is 27.4. The Morgan fingerprint density at radius 1 is 1.12 bits per heavy atom. The molecule has 3 rings (SSSR count). The van der Waals surface area contributed by atoms with Crippen LogP contribution in [-0.4, -0.2) is 32.1 Å². The largest absolute Gasteiger partial charge is 0.507 e.